The highest BCUT2D eigenvalue weighted by Crippen LogP contribution is 2.14. The minimum atomic E-state index is -0.517. The van der Waals surface area contributed by atoms with Crippen molar-refractivity contribution in [3.05, 3.63) is 46.3 Å². The molecule has 4 nitrogen and oxygen atoms in total. The van der Waals surface area contributed by atoms with Crippen molar-refractivity contribution in [1.82, 2.24) is 9.97 Å². The minimum absolute atomic E-state index is 0.0460. The molecule has 0 atom stereocenters. The van der Waals surface area contributed by atoms with Gasteiger partial charge in [-0.2, -0.15) is 4.98 Å². The summed E-state index contributed by atoms with van der Waals surface area (Å²) in [5.41, 5.74) is 6.40. The van der Waals surface area contributed by atoms with Crippen LogP contribution in [0.4, 0.5) is 16.2 Å². The largest absolute Gasteiger partial charge is 0.368 e. The van der Waals surface area contributed by atoms with E-state index in [0.717, 1.165) is 16.2 Å². The van der Waals surface area contributed by atoms with Crippen LogP contribution < -0.4 is 11.1 Å². The first-order valence-corrected chi connectivity index (χ1v) is 5.71. The van der Waals surface area contributed by atoms with Crippen LogP contribution in [0.3, 0.4) is 0 Å². The number of anilines is 2. The van der Waals surface area contributed by atoms with Crippen molar-refractivity contribution < 1.29 is 4.39 Å². The van der Waals surface area contributed by atoms with E-state index in [-0.39, 0.29) is 11.8 Å². The third-order valence-electron chi connectivity index (χ3n) is 2.14. The van der Waals surface area contributed by atoms with E-state index in [9.17, 15) is 4.39 Å². The summed E-state index contributed by atoms with van der Waals surface area (Å²) in [6.07, 6.45) is 1.05. The molecule has 2 rings (SSSR count). The highest BCUT2D eigenvalue weighted by molar-refractivity contribution is 9.10. The van der Waals surface area contributed by atoms with E-state index in [0.29, 0.717) is 6.54 Å². The van der Waals surface area contributed by atoms with Gasteiger partial charge in [-0.25, -0.2) is 9.37 Å². The van der Waals surface area contributed by atoms with E-state index in [2.05, 4.69) is 31.2 Å². The summed E-state index contributed by atoms with van der Waals surface area (Å²) >= 11 is 3.35. The Morgan fingerprint density at radius 3 is 2.71 bits per heavy atom. The number of nitrogen functional groups attached to an aromatic ring is 1. The van der Waals surface area contributed by atoms with Crippen molar-refractivity contribution >= 4 is 27.7 Å². The van der Waals surface area contributed by atoms with Gasteiger partial charge in [-0.3, -0.25) is 0 Å². The maximum absolute atomic E-state index is 13.3. The monoisotopic (exact) mass is 296 g/mol. The molecule has 0 radical (unpaired) electrons. The second-order valence-electron chi connectivity index (χ2n) is 3.40. The normalized spacial score (nSPS) is 10.2. The molecule has 0 fully saturated rings. The van der Waals surface area contributed by atoms with E-state index >= 15 is 0 Å². The van der Waals surface area contributed by atoms with Crippen LogP contribution in [0.2, 0.25) is 0 Å². The first-order valence-electron chi connectivity index (χ1n) is 4.91. The van der Waals surface area contributed by atoms with Crippen LogP contribution in [0.15, 0.2) is 34.9 Å². The number of hydrogen-bond acceptors (Lipinski definition) is 4. The highest BCUT2D eigenvalue weighted by Gasteiger charge is 2.04. The molecule has 17 heavy (non-hydrogen) atoms. The third-order valence-corrected chi connectivity index (χ3v) is 2.66. The summed E-state index contributed by atoms with van der Waals surface area (Å²) in [7, 11) is 0. The van der Waals surface area contributed by atoms with Crippen LogP contribution in [0.1, 0.15) is 5.56 Å². The van der Waals surface area contributed by atoms with Crippen LogP contribution in [0, 0.1) is 5.82 Å². The average molecular weight is 297 g/mol. The zero-order chi connectivity index (χ0) is 12.3. The van der Waals surface area contributed by atoms with E-state index in [1.807, 2.05) is 24.3 Å². The number of rotatable bonds is 3. The lowest BCUT2D eigenvalue weighted by atomic mass is 10.2. The predicted molar refractivity (Wildman–Crippen MR) is 67.9 cm³/mol. The Bertz CT molecular complexity index is 515. The topological polar surface area (TPSA) is 63.8 Å². The fourth-order valence-electron chi connectivity index (χ4n) is 1.29. The lowest BCUT2D eigenvalue weighted by Crippen LogP contribution is -2.06. The van der Waals surface area contributed by atoms with Gasteiger partial charge in [0.2, 0.25) is 5.95 Å². The van der Waals surface area contributed by atoms with Crippen molar-refractivity contribution in [3.8, 4) is 0 Å². The summed E-state index contributed by atoms with van der Waals surface area (Å²) in [6.45, 7) is 0.473. The predicted octanol–water partition coefficient (Wildman–Crippen LogP) is 2.57. The van der Waals surface area contributed by atoms with Gasteiger partial charge in [-0.05, 0) is 17.7 Å². The molecule has 1 aromatic heterocycles. The maximum atomic E-state index is 13.3. The van der Waals surface area contributed by atoms with E-state index in [1.54, 1.807) is 0 Å². The molecule has 1 heterocycles. The van der Waals surface area contributed by atoms with Gasteiger partial charge in [0.15, 0.2) is 11.6 Å². The van der Waals surface area contributed by atoms with Crippen molar-refractivity contribution in [2.75, 3.05) is 11.1 Å². The summed E-state index contributed by atoms with van der Waals surface area (Å²) < 4.78 is 14.3. The summed E-state index contributed by atoms with van der Waals surface area (Å²) in [4.78, 5) is 7.33. The highest BCUT2D eigenvalue weighted by atomic mass is 79.9. The Kier molecular flexibility index (Phi) is 3.53. The van der Waals surface area contributed by atoms with Gasteiger partial charge in [-0.1, -0.05) is 28.1 Å². The fourth-order valence-corrected chi connectivity index (χ4v) is 1.56. The number of nitrogens with two attached hydrogens (primary N) is 1. The molecule has 0 unspecified atom stereocenters. The summed E-state index contributed by atoms with van der Waals surface area (Å²) in [6, 6.07) is 7.70. The molecular formula is C11H10BrFN4. The van der Waals surface area contributed by atoms with Gasteiger partial charge >= 0.3 is 0 Å². The smallest absolute Gasteiger partial charge is 0.222 e. The van der Waals surface area contributed by atoms with Crippen LogP contribution in [0.25, 0.3) is 0 Å². The standard InChI is InChI=1S/C11H10BrFN4/c12-8-3-1-7(2-4-8)5-15-10-9(13)6-16-11(14)17-10/h1-4,6H,5H2,(H3,14,15,16,17). The third kappa shape index (κ3) is 3.13. The van der Waals surface area contributed by atoms with E-state index in [4.69, 9.17) is 5.73 Å². The van der Waals surface area contributed by atoms with E-state index < -0.39 is 5.82 Å². The Balaban J connectivity index is 2.07. The van der Waals surface area contributed by atoms with Gasteiger partial charge in [0.05, 0.1) is 6.20 Å². The zero-order valence-corrected chi connectivity index (χ0v) is 10.4. The second kappa shape index (κ2) is 5.09. The number of aromatic nitrogens is 2. The molecule has 1 aromatic carbocycles. The van der Waals surface area contributed by atoms with Gasteiger partial charge in [0, 0.05) is 11.0 Å². The Hall–Kier alpha value is -1.69. The molecule has 0 amide bonds. The number of nitrogens with one attached hydrogen (secondary N) is 1. The Morgan fingerprint density at radius 1 is 1.29 bits per heavy atom. The molecule has 0 aliphatic carbocycles. The molecule has 0 spiro atoms. The van der Waals surface area contributed by atoms with Crippen LogP contribution in [-0.2, 0) is 6.54 Å². The van der Waals surface area contributed by atoms with Crippen molar-refractivity contribution in [2.45, 2.75) is 6.54 Å². The van der Waals surface area contributed by atoms with Gasteiger partial charge in [0.1, 0.15) is 0 Å². The number of benzene rings is 1. The Labute approximate surface area is 106 Å². The molecule has 0 aliphatic heterocycles. The van der Waals surface area contributed by atoms with E-state index in [1.165, 1.54) is 0 Å². The van der Waals surface area contributed by atoms with Crippen LogP contribution >= 0.6 is 15.9 Å². The molecule has 2 aromatic rings. The lowest BCUT2D eigenvalue weighted by Gasteiger charge is -2.06. The van der Waals surface area contributed by atoms with Gasteiger partial charge in [0.25, 0.3) is 0 Å². The molecule has 0 saturated carbocycles. The first-order chi connectivity index (χ1) is 8.15. The van der Waals surface area contributed by atoms with Gasteiger partial charge < -0.3 is 11.1 Å². The molecule has 6 heteroatoms. The first kappa shape index (κ1) is 11.8. The number of halogens is 2. The molecular weight excluding hydrogens is 287 g/mol. The van der Waals surface area contributed by atoms with Crippen LogP contribution in [-0.4, -0.2) is 9.97 Å². The quantitative estimate of drug-likeness (QED) is 0.914. The van der Waals surface area contributed by atoms with Crippen molar-refractivity contribution in [3.63, 3.8) is 0 Å². The molecule has 0 saturated heterocycles. The molecule has 0 bridgehead atoms. The fraction of sp³-hybridized carbons (Fsp3) is 0.0909. The number of nitrogens with zero attached hydrogens (tertiary/aromatic N) is 2. The van der Waals surface area contributed by atoms with Crippen LogP contribution in [0.5, 0.6) is 0 Å². The minimum Gasteiger partial charge on any atom is -0.368 e. The number of hydrogen-bond donors (Lipinski definition) is 2. The van der Waals surface area contributed by atoms with Crippen molar-refractivity contribution in [1.29, 1.82) is 0 Å². The lowest BCUT2D eigenvalue weighted by molar-refractivity contribution is 0.617. The average Bonchev–Trinajstić information content (AvgIpc) is 2.32. The molecule has 3 N–H and O–H groups in total. The van der Waals surface area contributed by atoms with Gasteiger partial charge in [-0.15, -0.1) is 0 Å². The Morgan fingerprint density at radius 2 is 2.00 bits per heavy atom. The zero-order valence-electron chi connectivity index (χ0n) is 8.82. The molecule has 0 aliphatic rings. The second-order valence-corrected chi connectivity index (χ2v) is 4.32. The summed E-state index contributed by atoms with van der Waals surface area (Å²) in [5.74, 6) is -0.360. The SMILES string of the molecule is Nc1ncc(F)c(NCc2ccc(Br)cc2)n1. The summed E-state index contributed by atoms with van der Waals surface area (Å²) in [5, 5.41) is 2.87. The van der Waals surface area contributed by atoms with Crippen molar-refractivity contribution in [2.24, 2.45) is 0 Å². The maximum Gasteiger partial charge on any atom is 0.222 e. The molecule has 88 valence electrons.